The predicted octanol–water partition coefficient (Wildman–Crippen LogP) is 1.81. The van der Waals surface area contributed by atoms with Crippen molar-refractivity contribution in [3.8, 4) is 0 Å². The number of benzene rings is 1. The zero-order valence-electron chi connectivity index (χ0n) is 11.0. The third kappa shape index (κ3) is 2.76. The van der Waals surface area contributed by atoms with Gasteiger partial charge in [-0.2, -0.15) is 0 Å². The first-order chi connectivity index (χ1) is 10.1. The van der Waals surface area contributed by atoms with Gasteiger partial charge >= 0.3 is 0 Å². The molecule has 1 N–H and O–H groups in total. The van der Waals surface area contributed by atoms with Crippen molar-refractivity contribution >= 4 is 23.2 Å². The number of hydrogen-bond donors (Lipinski definition) is 1. The molecule has 0 spiro atoms. The zero-order valence-corrected chi connectivity index (χ0v) is 11.0. The minimum absolute atomic E-state index is 0.120. The Labute approximate surface area is 119 Å². The van der Waals surface area contributed by atoms with E-state index in [1.165, 1.54) is 41.6 Å². The van der Waals surface area contributed by atoms with Crippen LogP contribution in [-0.2, 0) is 9.59 Å². The summed E-state index contributed by atoms with van der Waals surface area (Å²) in [5.41, 5.74) is 1.04. The van der Waals surface area contributed by atoms with Crippen LogP contribution in [-0.4, -0.2) is 23.5 Å². The van der Waals surface area contributed by atoms with Crippen LogP contribution in [0, 0.1) is 11.7 Å². The molecule has 1 fully saturated rings. The minimum Gasteiger partial charge on any atom is -0.363 e. The average Bonchev–Trinajstić information content (AvgIpc) is 3.09. The third-order valence-electron chi connectivity index (χ3n) is 3.33. The predicted molar refractivity (Wildman–Crippen MR) is 72.0 cm³/mol. The van der Waals surface area contributed by atoms with Gasteiger partial charge in [0.1, 0.15) is 17.8 Å². The number of halogens is 1. The van der Waals surface area contributed by atoms with E-state index in [-0.39, 0.29) is 30.6 Å². The molecule has 2 aromatic rings. The number of hydrogen-bond acceptors (Lipinski definition) is 4. The Hall–Kier alpha value is -2.70. The van der Waals surface area contributed by atoms with Crippen molar-refractivity contribution in [2.24, 2.45) is 5.92 Å². The van der Waals surface area contributed by atoms with E-state index in [1.54, 1.807) is 0 Å². The number of nitrogens with zero attached hydrogens (tertiary/aromatic N) is 2. The van der Waals surface area contributed by atoms with Gasteiger partial charge in [0.25, 0.3) is 0 Å². The summed E-state index contributed by atoms with van der Waals surface area (Å²) in [6, 6.07) is 5.61. The first kappa shape index (κ1) is 13.3. The van der Waals surface area contributed by atoms with Crippen LogP contribution in [0.15, 0.2) is 41.2 Å². The first-order valence-corrected chi connectivity index (χ1v) is 6.39. The molecule has 0 saturated carbocycles. The summed E-state index contributed by atoms with van der Waals surface area (Å²) in [6.45, 7) is 0.265. The minimum atomic E-state index is -0.461. The van der Waals surface area contributed by atoms with Gasteiger partial charge in [0, 0.05) is 18.7 Å². The van der Waals surface area contributed by atoms with Crippen molar-refractivity contribution in [1.82, 2.24) is 5.16 Å². The van der Waals surface area contributed by atoms with Gasteiger partial charge < -0.3 is 14.7 Å². The summed E-state index contributed by atoms with van der Waals surface area (Å²) in [7, 11) is 0. The molecule has 7 heteroatoms. The number of amides is 2. The SMILES string of the molecule is O=C(Nc1cnoc1)[C@H]1CC(=O)N(c2ccc(F)cc2)C1. The number of nitrogens with one attached hydrogen (secondary N) is 1. The second kappa shape index (κ2) is 5.35. The molecule has 3 rings (SSSR count). The standard InChI is InChI=1S/C14H12FN3O3/c15-10-1-3-12(4-2-10)18-7-9(5-13(18)19)14(20)17-11-6-16-21-8-11/h1-4,6,8-9H,5,7H2,(H,17,20)/t9-/m0/s1. The van der Waals surface area contributed by atoms with E-state index >= 15 is 0 Å². The van der Waals surface area contributed by atoms with Crippen LogP contribution >= 0.6 is 0 Å². The Kier molecular flexibility index (Phi) is 3.39. The van der Waals surface area contributed by atoms with Gasteiger partial charge in [-0.1, -0.05) is 5.16 Å². The summed E-state index contributed by atoms with van der Waals surface area (Å²) in [5.74, 6) is -1.26. The van der Waals surface area contributed by atoms with E-state index in [0.717, 1.165) is 0 Å². The Balaban J connectivity index is 1.69. The van der Waals surface area contributed by atoms with Crippen molar-refractivity contribution in [3.05, 3.63) is 42.5 Å². The number of carbonyl (C=O) groups is 2. The van der Waals surface area contributed by atoms with Crippen LogP contribution in [0.5, 0.6) is 0 Å². The fourth-order valence-corrected chi connectivity index (χ4v) is 2.26. The van der Waals surface area contributed by atoms with Gasteiger partial charge in [-0.05, 0) is 24.3 Å². The maximum atomic E-state index is 12.9. The fraction of sp³-hybridized carbons (Fsp3) is 0.214. The summed E-state index contributed by atoms with van der Waals surface area (Å²) in [4.78, 5) is 25.6. The molecule has 1 aliphatic rings. The molecule has 1 atom stereocenters. The zero-order chi connectivity index (χ0) is 14.8. The largest absolute Gasteiger partial charge is 0.363 e. The van der Waals surface area contributed by atoms with E-state index < -0.39 is 5.92 Å². The van der Waals surface area contributed by atoms with Crippen LogP contribution in [0.4, 0.5) is 15.8 Å². The highest BCUT2D eigenvalue weighted by Gasteiger charge is 2.35. The molecule has 1 aromatic carbocycles. The molecule has 1 saturated heterocycles. The molecule has 108 valence electrons. The first-order valence-electron chi connectivity index (χ1n) is 6.39. The van der Waals surface area contributed by atoms with Gasteiger partial charge in [0.15, 0.2) is 0 Å². The van der Waals surface area contributed by atoms with Crippen molar-refractivity contribution in [3.63, 3.8) is 0 Å². The van der Waals surface area contributed by atoms with E-state index in [4.69, 9.17) is 0 Å². The molecule has 2 amide bonds. The van der Waals surface area contributed by atoms with Crippen molar-refractivity contribution < 1.29 is 18.5 Å². The molecule has 0 bridgehead atoms. The number of anilines is 2. The molecule has 0 radical (unpaired) electrons. The molecule has 1 aromatic heterocycles. The summed E-state index contributed by atoms with van der Waals surface area (Å²) in [6.07, 6.45) is 2.81. The number of aromatic nitrogens is 1. The lowest BCUT2D eigenvalue weighted by Crippen LogP contribution is -2.28. The summed E-state index contributed by atoms with van der Waals surface area (Å²) in [5, 5.41) is 6.12. The van der Waals surface area contributed by atoms with E-state index in [0.29, 0.717) is 11.4 Å². The Morgan fingerprint density at radius 3 is 2.81 bits per heavy atom. The fourth-order valence-electron chi connectivity index (χ4n) is 2.26. The van der Waals surface area contributed by atoms with Crippen LogP contribution in [0.2, 0.25) is 0 Å². The smallest absolute Gasteiger partial charge is 0.229 e. The number of carbonyl (C=O) groups excluding carboxylic acids is 2. The molecule has 0 aliphatic carbocycles. The second-order valence-corrected chi connectivity index (χ2v) is 4.78. The molecule has 6 nitrogen and oxygen atoms in total. The van der Waals surface area contributed by atoms with Gasteiger partial charge in [-0.25, -0.2) is 4.39 Å². The van der Waals surface area contributed by atoms with Crippen LogP contribution in [0.3, 0.4) is 0 Å². The van der Waals surface area contributed by atoms with Gasteiger partial charge in [-0.3, -0.25) is 9.59 Å². The van der Waals surface area contributed by atoms with Crippen molar-refractivity contribution in [2.75, 3.05) is 16.8 Å². The highest BCUT2D eigenvalue weighted by Crippen LogP contribution is 2.26. The van der Waals surface area contributed by atoms with Crippen molar-refractivity contribution in [2.45, 2.75) is 6.42 Å². The van der Waals surface area contributed by atoms with Crippen molar-refractivity contribution in [1.29, 1.82) is 0 Å². The lowest BCUT2D eigenvalue weighted by molar-refractivity contribution is -0.122. The highest BCUT2D eigenvalue weighted by molar-refractivity contribution is 6.03. The molecule has 0 unspecified atom stereocenters. The van der Waals surface area contributed by atoms with Crippen LogP contribution < -0.4 is 10.2 Å². The molecule has 1 aliphatic heterocycles. The lowest BCUT2D eigenvalue weighted by atomic mass is 10.1. The summed E-state index contributed by atoms with van der Waals surface area (Å²) >= 11 is 0. The van der Waals surface area contributed by atoms with E-state index in [2.05, 4.69) is 15.0 Å². The number of rotatable bonds is 3. The maximum Gasteiger partial charge on any atom is 0.229 e. The molecular weight excluding hydrogens is 277 g/mol. The van der Waals surface area contributed by atoms with Gasteiger partial charge in [0.2, 0.25) is 11.8 Å². The normalized spacial score (nSPS) is 18.0. The Morgan fingerprint density at radius 2 is 2.14 bits per heavy atom. The Bertz CT molecular complexity index is 655. The monoisotopic (exact) mass is 289 g/mol. The van der Waals surface area contributed by atoms with Gasteiger partial charge in [-0.15, -0.1) is 0 Å². The highest BCUT2D eigenvalue weighted by atomic mass is 19.1. The quantitative estimate of drug-likeness (QED) is 0.935. The average molecular weight is 289 g/mol. The topological polar surface area (TPSA) is 75.4 Å². The maximum absolute atomic E-state index is 12.9. The van der Waals surface area contributed by atoms with E-state index in [1.807, 2.05) is 0 Å². The third-order valence-corrected chi connectivity index (χ3v) is 3.33. The van der Waals surface area contributed by atoms with Crippen LogP contribution in [0.1, 0.15) is 6.42 Å². The van der Waals surface area contributed by atoms with Crippen LogP contribution in [0.25, 0.3) is 0 Å². The lowest BCUT2D eigenvalue weighted by Gasteiger charge is -2.16. The Morgan fingerprint density at radius 1 is 1.38 bits per heavy atom. The molecular formula is C14H12FN3O3. The van der Waals surface area contributed by atoms with Gasteiger partial charge in [0.05, 0.1) is 12.1 Å². The molecule has 2 heterocycles. The summed E-state index contributed by atoms with van der Waals surface area (Å²) < 4.78 is 17.5. The molecule has 21 heavy (non-hydrogen) atoms. The van der Waals surface area contributed by atoms with E-state index in [9.17, 15) is 14.0 Å². The second-order valence-electron chi connectivity index (χ2n) is 4.78.